The number of aryl methyl sites for hydroxylation is 1. The number of hydrogen-bond acceptors (Lipinski definition) is 7. The summed E-state index contributed by atoms with van der Waals surface area (Å²) in [6.45, 7) is 0.0416. The van der Waals surface area contributed by atoms with Crippen LogP contribution in [0, 0.1) is 0 Å². The molecular formula is C16H16N4O4S2. The van der Waals surface area contributed by atoms with E-state index in [1.807, 2.05) is 19.3 Å². The third-order valence-corrected chi connectivity index (χ3v) is 6.06. The third kappa shape index (κ3) is 3.82. The third-order valence-electron chi connectivity index (χ3n) is 3.59. The summed E-state index contributed by atoms with van der Waals surface area (Å²) < 4.78 is 33.8. The van der Waals surface area contributed by atoms with Gasteiger partial charge in [-0.25, -0.2) is 17.9 Å². The van der Waals surface area contributed by atoms with Crippen LogP contribution in [0.3, 0.4) is 0 Å². The van der Waals surface area contributed by atoms with Gasteiger partial charge in [-0.1, -0.05) is 0 Å². The summed E-state index contributed by atoms with van der Waals surface area (Å²) in [4.78, 5) is 15.8. The number of esters is 1. The van der Waals surface area contributed by atoms with E-state index in [0.717, 1.165) is 22.5 Å². The lowest BCUT2D eigenvalue weighted by Crippen LogP contribution is -2.24. The van der Waals surface area contributed by atoms with E-state index in [-0.39, 0.29) is 16.3 Å². The lowest BCUT2D eigenvalue weighted by Gasteiger charge is -2.08. The lowest BCUT2D eigenvalue weighted by atomic mass is 10.1. The monoisotopic (exact) mass is 392 g/mol. The highest BCUT2D eigenvalue weighted by atomic mass is 32.2. The van der Waals surface area contributed by atoms with E-state index in [0.29, 0.717) is 5.56 Å². The van der Waals surface area contributed by atoms with Gasteiger partial charge >= 0.3 is 5.97 Å². The maximum atomic E-state index is 12.5. The molecule has 0 radical (unpaired) electrons. The number of pyridine rings is 1. The van der Waals surface area contributed by atoms with Gasteiger partial charge < -0.3 is 4.74 Å². The van der Waals surface area contributed by atoms with Crippen molar-refractivity contribution in [2.45, 2.75) is 11.4 Å². The first-order chi connectivity index (χ1) is 12.4. The van der Waals surface area contributed by atoms with Gasteiger partial charge in [-0.3, -0.25) is 9.67 Å². The molecule has 0 bridgehead atoms. The summed E-state index contributed by atoms with van der Waals surface area (Å²) in [6, 6.07) is 3.21. The molecule has 8 nitrogen and oxygen atoms in total. The standard InChI is InChI=1S/C16H16N4O4S2/c1-20-10-13(9-18-20)12-5-11(6-17-8-12)7-19-26(22,23)14-3-4-25-15(14)16(21)24-2/h3-6,8-10,19H,7H2,1-2H3. The second kappa shape index (κ2) is 7.36. The predicted molar refractivity (Wildman–Crippen MR) is 96.1 cm³/mol. The highest BCUT2D eigenvalue weighted by molar-refractivity contribution is 7.89. The molecule has 0 aromatic carbocycles. The number of thiophene rings is 1. The summed E-state index contributed by atoms with van der Waals surface area (Å²) in [5, 5.41) is 5.64. The number of sulfonamides is 1. The van der Waals surface area contributed by atoms with Crippen LogP contribution in [0.25, 0.3) is 11.1 Å². The molecule has 0 amide bonds. The van der Waals surface area contributed by atoms with E-state index in [4.69, 9.17) is 0 Å². The molecule has 0 atom stereocenters. The first-order valence-corrected chi connectivity index (χ1v) is 9.85. The van der Waals surface area contributed by atoms with Gasteiger partial charge in [0.15, 0.2) is 0 Å². The van der Waals surface area contributed by atoms with Crippen molar-refractivity contribution in [3.63, 3.8) is 0 Å². The van der Waals surface area contributed by atoms with Crippen LogP contribution in [0.1, 0.15) is 15.2 Å². The minimum atomic E-state index is -3.86. The van der Waals surface area contributed by atoms with Gasteiger partial charge in [0.05, 0.1) is 13.3 Å². The van der Waals surface area contributed by atoms with Crippen LogP contribution >= 0.6 is 11.3 Å². The molecule has 26 heavy (non-hydrogen) atoms. The first kappa shape index (κ1) is 18.2. The molecule has 1 N–H and O–H groups in total. The van der Waals surface area contributed by atoms with Gasteiger partial charge in [-0.2, -0.15) is 5.10 Å². The van der Waals surface area contributed by atoms with E-state index >= 15 is 0 Å². The molecule has 3 heterocycles. The fourth-order valence-corrected chi connectivity index (χ4v) is 4.67. The maximum Gasteiger partial charge on any atom is 0.349 e. The van der Waals surface area contributed by atoms with Crippen molar-refractivity contribution >= 4 is 27.3 Å². The summed E-state index contributed by atoms with van der Waals surface area (Å²) in [5.74, 6) is -0.680. The Morgan fingerprint density at radius 3 is 2.81 bits per heavy atom. The van der Waals surface area contributed by atoms with Gasteiger partial charge in [0, 0.05) is 43.3 Å². The van der Waals surface area contributed by atoms with Crippen molar-refractivity contribution in [2.75, 3.05) is 7.11 Å². The fourth-order valence-electron chi connectivity index (χ4n) is 2.32. The highest BCUT2D eigenvalue weighted by Gasteiger charge is 2.24. The van der Waals surface area contributed by atoms with Crippen molar-refractivity contribution in [1.82, 2.24) is 19.5 Å². The van der Waals surface area contributed by atoms with E-state index in [9.17, 15) is 13.2 Å². The molecule has 0 fully saturated rings. The Morgan fingerprint density at radius 1 is 1.31 bits per heavy atom. The molecule has 0 aliphatic heterocycles. The molecule has 0 spiro atoms. The number of rotatable bonds is 6. The average Bonchev–Trinajstić information content (AvgIpc) is 3.29. The highest BCUT2D eigenvalue weighted by Crippen LogP contribution is 2.23. The van der Waals surface area contributed by atoms with Crippen LogP contribution < -0.4 is 4.72 Å². The lowest BCUT2D eigenvalue weighted by molar-refractivity contribution is 0.0602. The molecule has 0 saturated heterocycles. The summed E-state index contributed by atoms with van der Waals surface area (Å²) in [5.41, 5.74) is 2.40. The molecule has 10 heteroatoms. The largest absolute Gasteiger partial charge is 0.465 e. The Hall–Kier alpha value is -2.56. The Balaban J connectivity index is 1.79. The molecular weight excluding hydrogens is 376 g/mol. The van der Waals surface area contributed by atoms with Crippen LogP contribution in [-0.2, 0) is 28.4 Å². The number of hydrogen-bond donors (Lipinski definition) is 1. The molecule has 3 aromatic heterocycles. The van der Waals surface area contributed by atoms with Crippen LogP contribution in [0.4, 0.5) is 0 Å². The molecule has 0 saturated carbocycles. The number of nitrogens with zero attached hydrogens (tertiary/aromatic N) is 3. The zero-order valence-corrected chi connectivity index (χ0v) is 15.7. The van der Waals surface area contributed by atoms with Crippen LogP contribution in [0.2, 0.25) is 0 Å². The van der Waals surface area contributed by atoms with Crippen molar-refractivity contribution in [1.29, 1.82) is 0 Å². The molecule has 3 aromatic rings. The molecule has 0 aliphatic carbocycles. The number of carbonyl (C=O) groups excluding carboxylic acids is 1. The number of carbonyl (C=O) groups is 1. The van der Waals surface area contributed by atoms with Crippen molar-refractivity contribution in [3.05, 3.63) is 52.7 Å². The fraction of sp³-hybridized carbons (Fsp3) is 0.188. The maximum absolute atomic E-state index is 12.5. The SMILES string of the molecule is COC(=O)c1sccc1S(=O)(=O)NCc1cncc(-c2cnn(C)c2)c1. The predicted octanol–water partition coefficient (Wildman–Crippen LogP) is 1.81. The Morgan fingerprint density at radius 2 is 2.12 bits per heavy atom. The zero-order valence-electron chi connectivity index (χ0n) is 14.0. The Labute approximate surface area is 154 Å². The van der Waals surface area contributed by atoms with Gasteiger partial charge in [-0.05, 0) is 23.1 Å². The number of aromatic nitrogens is 3. The van der Waals surface area contributed by atoms with Gasteiger partial charge in [0.2, 0.25) is 10.0 Å². The van der Waals surface area contributed by atoms with Gasteiger partial charge in [0.25, 0.3) is 0 Å². The Kier molecular flexibility index (Phi) is 5.16. The van der Waals surface area contributed by atoms with Gasteiger partial charge in [-0.15, -0.1) is 11.3 Å². The molecule has 3 rings (SSSR count). The molecule has 0 unspecified atom stereocenters. The summed E-state index contributed by atoms with van der Waals surface area (Å²) in [7, 11) is -0.835. The van der Waals surface area contributed by atoms with E-state index in [1.165, 1.54) is 18.6 Å². The van der Waals surface area contributed by atoms with Crippen molar-refractivity contribution in [3.8, 4) is 11.1 Å². The molecule has 0 aliphatic rings. The second-order valence-electron chi connectivity index (χ2n) is 5.41. The number of nitrogens with one attached hydrogen (secondary N) is 1. The minimum Gasteiger partial charge on any atom is -0.465 e. The Bertz CT molecular complexity index is 1040. The zero-order chi connectivity index (χ0) is 18.7. The van der Waals surface area contributed by atoms with Crippen LogP contribution in [0.15, 0.2) is 47.2 Å². The average molecular weight is 392 g/mol. The van der Waals surface area contributed by atoms with Crippen molar-refractivity contribution < 1.29 is 17.9 Å². The summed E-state index contributed by atoms with van der Waals surface area (Å²) in [6.07, 6.45) is 6.82. The van der Waals surface area contributed by atoms with E-state index in [2.05, 4.69) is 19.5 Å². The second-order valence-corrected chi connectivity index (χ2v) is 8.07. The summed E-state index contributed by atoms with van der Waals surface area (Å²) >= 11 is 1.02. The van der Waals surface area contributed by atoms with Gasteiger partial charge in [0.1, 0.15) is 9.77 Å². The van der Waals surface area contributed by atoms with E-state index in [1.54, 1.807) is 23.3 Å². The number of ether oxygens (including phenoxy) is 1. The van der Waals surface area contributed by atoms with Crippen LogP contribution in [-0.4, -0.2) is 36.3 Å². The van der Waals surface area contributed by atoms with Crippen LogP contribution in [0.5, 0.6) is 0 Å². The normalized spacial score (nSPS) is 11.5. The first-order valence-electron chi connectivity index (χ1n) is 7.49. The number of methoxy groups -OCH3 is 1. The topological polar surface area (TPSA) is 103 Å². The minimum absolute atomic E-state index is 0.0416. The van der Waals surface area contributed by atoms with E-state index < -0.39 is 16.0 Å². The smallest absolute Gasteiger partial charge is 0.349 e. The quantitative estimate of drug-likeness (QED) is 0.642. The molecule has 136 valence electrons. The van der Waals surface area contributed by atoms with Crippen molar-refractivity contribution in [2.24, 2.45) is 7.05 Å².